The summed E-state index contributed by atoms with van der Waals surface area (Å²) >= 11 is 0. The number of aliphatic hydroxyl groups excluding tert-OH is 1. The first-order chi connectivity index (χ1) is 9.17. The van der Waals surface area contributed by atoms with Crippen molar-refractivity contribution in [3.63, 3.8) is 0 Å². The average Bonchev–Trinajstić information content (AvgIpc) is 2.40. The van der Waals surface area contributed by atoms with E-state index in [1.807, 2.05) is 6.92 Å². The summed E-state index contributed by atoms with van der Waals surface area (Å²) < 4.78 is 0. The molecule has 3 heteroatoms. The normalized spacial score (nSPS) is 16.6. The summed E-state index contributed by atoms with van der Waals surface area (Å²) in [6, 6.07) is 2.65. The topological polar surface area (TPSA) is 36.4 Å². The van der Waals surface area contributed by atoms with Crippen LogP contribution in [0.5, 0.6) is 0 Å². The number of aryl methyl sites for hydroxylation is 2. The van der Waals surface area contributed by atoms with Gasteiger partial charge in [-0.1, -0.05) is 19.3 Å². The molecule has 0 saturated heterocycles. The molecule has 2 rings (SSSR count). The maximum Gasteiger partial charge on any atom is 0.134 e. The fourth-order valence-corrected chi connectivity index (χ4v) is 3.25. The van der Waals surface area contributed by atoms with E-state index in [2.05, 4.69) is 24.8 Å². The second kappa shape index (κ2) is 6.38. The molecule has 0 unspecified atom stereocenters. The van der Waals surface area contributed by atoms with Crippen LogP contribution in [0.3, 0.4) is 0 Å². The Bertz CT molecular complexity index is 425. The van der Waals surface area contributed by atoms with E-state index in [1.165, 1.54) is 32.1 Å². The Morgan fingerprint density at radius 2 is 1.95 bits per heavy atom. The summed E-state index contributed by atoms with van der Waals surface area (Å²) in [4.78, 5) is 7.12. The molecule has 1 aliphatic carbocycles. The van der Waals surface area contributed by atoms with Crippen molar-refractivity contribution < 1.29 is 5.11 Å². The largest absolute Gasteiger partial charge is 0.392 e. The average molecular weight is 262 g/mol. The Balaban J connectivity index is 2.36. The van der Waals surface area contributed by atoms with Crippen LogP contribution in [0.15, 0.2) is 6.07 Å². The molecule has 3 nitrogen and oxygen atoms in total. The Morgan fingerprint density at radius 1 is 1.26 bits per heavy atom. The number of aromatic nitrogens is 1. The highest BCUT2D eigenvalue weighted by Crippen LogP contribution is 2.30. The number of hydrogen-bond donors (Lipinski definition) is 1. The van der Waals surface area contributed by atoms with Crippen LogP contribution >= 0.6 is 0 Å². The molecule has 1 aromatic heterocycles. The lowest BCUT2D eigenvalue weighted by atomic mass is 9.93. The lowest BCUT2D eigenvalue weighted by Gasteiger charge is -2.36. The lowest BCUT2D eigenvalue weighted by molar-refractivity contribution is 0.280. The van der Waals surface area contributed by atoms with E-state index in [0.29, 0.717) is 6.04 Å². The third kappa shape index (κ3) is 3.08. The van der Waals surface area contributed by atoms with Gasteiger partial charge in [0.25, 0.3) is 0 Å². The van der Waals surface area contributed by atoms with Gasteiger partial charge in [-0.05, 0) is 45.2 Å². The molecule has 0 aromatic carbocycles. The highest BCUT2D eigenvalue weighted by molar-refractivity contribution is 5.52. The first-order valence-electron chi connectivity index (χ1n) is 7.52. The predicted octanol–water partition coefficient (Wildman–Crippen LogP) is 3.35. The molecule has 106 valence electrons. The molecule has 1 heterocycles. The van der Waals surface area contributed by atoms with Gasteiger partial charge in [-0.2, -0.15) is 0 Å². The van der Waals surface area contributed by atoms with Gasteiger partial charge in [0.15, 0.2) is 0 Å². The molecule has 19 heavy (non-hydrogen) atoms. The minimum Gasteiger partial charge on any atom is -0.392 e. The number of anilines is 1. The first kappa shape index (κ1) is 14.3. The van der Waals surface area contributed by atoms with E-state index in [9.17, 15) is 5.11 Å². The van der Waals surface area contributed by atoms with Gasteiger partial charge in [0.1, 0.15) is 5.82 Å². The minimum atomic E-state index is 0.0810. The quantitative estimate of drug-likeness (QED) is 0.904. The zero-order valence-electron chi connectivity index (χ0n) is 12.4. The molecule has 1 saturated carbocycles. The molecular weight excluding hydrogens is 236 g/mol. The standard InChI is InChI=1S/C16H26N2O/c1-4-18(14-8-6-5-7-9-14)16-15(11-19)12(2)10-13(3)17-16/h10,14,19H,4-9,11H2,1-3H3. The zero-order valence-corrected chi connectivity index (χ0v) is 12.4. The Morgan fingerprint density at radius 3 is 2.53 bits per heavy atom. The van der Waals surface area contributed by atoms with Gasteiger partial charge < -0.3 is 10.0 Å². The fourth-order valence-electron chi connectivity index (χ4n) is 3.25. The van der Waals surface area contributed by atoms with Gasteiger partial charge in [-0.25, -0.2) is 4.98 Å². The molecule has 0 aliphatic heterocycles. The summed E-state index contributed by atoms with van der Waals surface area (Å²) in [7, 11) is 0. The van der Waals surface area contributed by atoms with Crippen molar-refractivity contribution >= 4 is 5.82 Å². The van der Waals surface area contributed by atoms with Crippen molar-refractivity contribution in [3.8, 4) is 0 Å². The third-order valence-electron chi connectivity index (χ3n) is 4.24. The SMILES string of the molecule is CCN(c1nc(C)cc(C)c1CO)C1CCCCC1. The van der Waals surface area contributed by atoms with Crippen LogP contribution in [0.1, 0.15) is 55.8 Å². The van der Waals surface area contributed by atoms with Gasteiger partial charge >= 0.3 is 0 Å². The molecule has 0 bridgehead atoms. The van der Waals surface area contributed by atoms with Crippen LogP contribution in [-0.2, 0) is 6.61 Å². The van der Waals surface area contributed by atoms with Crippen LogP contribution in [0.25, 0.3) is 0 Å². The second-order valence-electron chi connectivity index (χ2n) is 5.62. The highest BCUT2D eigenvalue weighted by atomic mass is 16.3. The predicted molar refractivity (Wildman–Crippen MR) is 79.5 cm³/mol. The molecular formula is C16H26N2O. The number of pyridine rings is 1. The molecule has 0 spiro atoms. The first-order valence-corrected chi connectivity index (χ1v) is 7.52. The summed E-state index contributed by atoms with van der Waals surface area (Å²) in [5.41, 5.74) is 3.19. The Hall–Kier alpha value is -1.09. The molecule has 1 N–H and O–H groups in total. The second-order valence-corrected chi connectivity index (χ2v) is 5.62. The van der Waals surface area contributed by atoms with Gasteiger partial charge in [0.2, 0.25) is 0 Å². The third-order valence-corrected chi connectivity index (χ3v) is 4.24. The minimum absolute atomic E-state index is 0.0810. The van der Waals surface area contributed by atoms with E-state index in [4.69, 9.17) is 4.98 Å². The molecule has 1 aliphatic rings. The molecule has 0 amide bonds. The number of aliphatic hydroxyl groups is 1. The fraction of sp³-hybridized carbons (Fsp3) is 0.688. The van der Waals surface area contributed by atoms with Gasteiger partial charge in [-0.3, -0.25) is 0 Å². The number of nitrogens with zero attached hydrogens (tertiary/aromatic N) is 2. The Labute approximate surface area is 116 Å². The van der Waals surface area contributed by atoms with E-state index in [0.717, 1.165) is 29.2 Å². The highest BCUT2D eigenvalue weighted by Gasteiger charge is 2.23. The number of hydrogen-bond acceptors (Lipinski definition) is 3. The summed E-state index contributed by atoms with van der Waals surface area (Å²) in [5, 5.41) is 9.67. The monoisotopic (exact) mass is 262 g/mol. The summed E-state index contributed by atoms with van der Waals surface area (Å²) in [5.74, 6) is 1.01. The summed E-state index contributed by atoms with van der Waals surface area (Å²) in [6.45, 7) is 7.34. The summed E-state index contributed by atoms with van der Waals surface area (Å²) in [6.07, 6.45) is 6.52. The van der Waals surface area contributed by atoms with Crippen LogP contribution < -0.4 is 4.90 Å². The maximum atomic E-state index is 9.67. The smallest absolute Gasteiger partial charge is 0.134 e. The molecule has 1 fully saturated rings. The molecule has 0 radical (unpaired) electrons. The zero-order chi connectivity index (χ0) is 13.8. The van der Waals surface area contributed by atoms with E-state index < -0.39 is 0 Å². The lowest BCUT2D eigenvalue weighted by Crippen LogP contribution is -2.38. The van der Waals surface area contributed by atoms with E-state index in [1.54, 1.807) is 0 Å². The van der Waals surface area contributed by atoms with Crippen molar-refractivity contribution in [3.05, 3.63) is 22.9 Å². The van der Waals surface area contributed by atoms with Crippen LogP contribution in [-0.4, -0.2) is 22.7 Å². The van der Waals surface area contributed by atoms with Crippen molar-refractivity contribution in [1.29, 1.82) is 0 Å². The van der Waals surface area contributed by atoms with E-state index >= 15 is 0 Å². The van der Waals surface area contributed by atoms with Crippen molar-refractivity contribution in [2.24, 2.45) is 0 Å². The molecule has 1 aromatic rings. The Kier molecular flexibility index (Phi) is 4.81. The van der Waals surface area contributed by atoms with Crippen LogP contribution in [0.2, 0.25) is 0 Å². The molecule has 0 atom stereocenters. The maximum absolute atomic E-state index is 9.67. The van der Waals surface area contributed by atoms with Crippen LogP contribution in [0, 0.1) is 13.8 Å². The van der Waals surface area contributed by atoms with Crippen LogP contribution in [0.4, 0.5) is 5.82 Å². The van der Waals surface area contributed by atoms with Gasteiger partial charge in [-0.15, -0.1) is 0 Å². The van der Waals surface area contributed by atoms with Crippen molar-refractivity contribution in [2.45, 2.75) is 65.5 Å². The van der Waals surface area contributed by atoms with Crippen molar-refractivity contribution in [2.75, 3.05) is 11.4 Å². The van der Waals surface area contributed by atoms with Crippen molar-refractivity contribution in [1.82, 2.24) is 4.98 Å². The van der Waals surface area contributed by atoms with Gasteiger partial charge in [0, 0.05) is 23.8 Å². The van der Waals surface area contributed by atoms with Gasteiger partial charge in [0.05, 0.1) is 6.61 Å². The number of rotatable bonds is 4. The van der Waals surface area contributed by atoms with E-state index in [-0.39, 0.29) is 6.61 Å².